The molecule has 0 unspecified atom stereocenters. The predicted molar refractivity (Wildman–Crippen MR) is 117 cm³/mol. The molecule has 0 aliphatic heterocycles. The molecule has 0 fully saturated rings. The Labute approximate surface area is 178 Å². The highest BCUT2D eigenvalue weighted by Crippen LogP contribution is 2.15. The minimum atomic E-state index is -0.385. The minimum Gasteiger partial charge on any atom is -0.497 e. The van der Waals surface area contributed by atoms with Crippen LogP contribution in [0.25, 0.3) is 0 Å². The van der Waals surface area contributed by atoms with Crippen molar-refractivity contribution in [3.05, 3.63) is 89.7 Å². The van der Waals surface area contributed by atoms with Gasteiger partial charge in [-0.05, 0) is 78.9 Å². The summed E-state index contributed by atoms with van der Waals surface area (Å²) in [7, 11) is 1.54. The van der Waals surface area contributed by atoms with Gasteiger partial charge in [0, 0.05) is 22.5 Å². The van der Waals surface area contributed by atoms with Crippen molar-refractivity contribution in [3.8, 4) is 5.75 Å². The Morgan fingerprint density at radius 3 is 2.20 bits per heavy atom. The summed E-state index contributed by atoms with van der Waals surface area (Å²) in [5.74, 6) is -0.480. The van der Waals surface area contributed by atoms with Gasteiger partial charge in [0.2, 0.25) is 0 Å². The van der Waals surface area contributed by atoms with Gasteiger partial charge in [0.05, 0.1) is 7.11 Å². The molecule has 0 aliphatic rings. The molecule has 8 heteroatoms. The molecule has 152 valence electrons. The van der Waals surface area contributed by atoms with Gasteiger partial charge in [0.1, 0.15) is 11.6 Å². The average Bonchev–Trinajstić information content (AvgIpc) is 2.75. The lowest BCUT2D eigenvalue weighted by Gasteiger charge is -2.11. The highest BCUT2D eigenvalue weighted by atomic mass is 32.1. The zero-order valence-electron chi connectivity index (χ0n) is 15.9. The van der Waals surface area contributed by atoms with E-state index in [1.165, 1.54) is 24.3 Å². The molecule has 0 aliphatic carbocycles. The maximum absolute atomic E-state index is 13.0. The fourth-order valence-electron chi connectivity index (χ4n) is 2.55. The first-order chi connectivity index (χ1) is 14.4. The van der Waals surface area contributed by atoms with E-state index < -0.39 is 0 Å². The quantitative estimate of drug-likeness (QED) is 0.536. The van der Waals surface area contributed by atoms with Crippen molar-refractivity contribution in [1.29, 1.82) is 0 Å². The van der Waals surface area contributed by atoms with Gasteiger partial charge in [-0.25, -0.2) is 4.39 Å². The van der Waals surface area contributed by atoms with Gasteiger partial charge in [-0.15, -0.1) is 0 Å². The summed E-state index contributed by atoms with van der Waals surface area (Å²) in [5, 5.41) is 8.23. The molecule has 0 saturated carbocycles. The third-order valence-electron chi connectivity index (χ3n) is 4.06. The minimum absolute atomic E-state index is 0.0897. The normalized spacial score (nSPS) is 10.1. The molecule has 0 heterocycles. The summed E-state index contributed by atoms with van der Waals surface area (Å²) in [6.45, 7) is 0. The average molecular weight is 423 g/mol. The molecular formula is C22H18FN3O3S. The van der Waals surface area contributed by atoms with E-state index in [2.05, 4.69) is 16.0 Å². The summed E-state index contributed by atoms with van der Waals surface area (Å²) >= 11 is 5.18. The van der Waals surface area contributed by atoms with E-state index >= 15 is 0 Å². The van der Waals surface area contributed by atoms with Gasteiger partial charge in [0.25, 0.3) is 11.8 Å². The van der Waals surface area contributed by atoms with Crippen LogP contribution in [0.5, 0.6) is 5.75 Å². The van der Waals surface area contributed by atoms with Crippen LogP contribution >= 0.6 is 12.2 Å². The smallest absolute Gasteiger partial charge is 0.257 e. The van der Waals surface area contributed by atoms with Crippen molar-refractivity contribution < 1.29 is 18.7 Å². The number of ether oxygens (including phenoxy) is 1. The number of hydrogen-bond donors (Lipinski definition) is 3. The third kappa shape index (κ3) is 5.62. The number of hydrogen-bond acceptors (Lipinski definition) is 4. The summed E-state index contributed by atoms with van der Waals surface area (Å²) in [6, 6.07) is 18.7. The Morgan fingerprint density at radius 2 is 1.53 bits per heavy atom. The molecule has 0 radical (unpaired) electrons. The van der Waals surface area contributed by atoms with Gasteiger partial charge >= 0.3 is 0 Å². The molecule has 0 saturated heterocycles. The zero-order chi connectivity index (χ0) is 21.5. The second kappa shape index (κ2) is 9.62. The van der Waals surface area contributed by atoms with Crippen LogP contribution in [-0.2, 0) is 0 Å². The number of benzene rings is 3. The second-order valence-electron chi connectivity index (χ2n) is 6.18. The van der Waals surface area contributed by atoms with Crippen LogP contribution in [0.15, 0.2) is 72.8 Å². The number of thiocarbonyl (C=S) groups is 1. The lowest BCUT2D eigenvalue weighted by atomic mass is 10.2. The van der Waals surface area contributed by atoms with Crippen molar-refractivity contribution in [2.24, 2.45) is 0 Å². The maximum atomic E-state index is 13.0. The largest absolute Gasteiger partial charge is 0.497 e. The molecule has 0 spiro atoms. The second-order valence-corrected chi connectivity index (χ2v) is 6.59. The molecule has 6 nitrogen and oxygen atoms in total. The van der Waals surface area contributed by atoms with E-state index in [1.807, 2.05) is 0 Å². The van der Waals surface area contributed by atoms with Crippen molar-refractivity contribution in [1.82, 2.24) is 5.32 Å². The van der Waals surface area contributed by atoms with Gasteiger partial charge in [0.15, 0.2) is 5.11 Å². The number of carbonyl (C=O) groups excluding carboxylic acids is 2. The predicted octanol–water partition coefficient (Wildman–Crippen LogP) is 4.21. The van der Waals surface area contributed by atoms with Crippen molar-refractivity contribution in [2.75, 3.05) is 17.7 Å². The molecule has 2 amide bonds. The van der Waals surface area contributed by atoms with Crippen LogP contribution in [0.3, 0.4) is 0 Å². The van der Waals surface area contributed by atoms with Gasteiger partial charge in [-0.3, -0.25) is 14.9 Å². The van der Waals surface area contributed by atoms with Crippen LogP contribution in [-0.4, -0.2) is 24.0 Å². The van der Waals surface area contributed by atoms with Gasteiger partial charge < -0.3 is 15.4 Å². The highest BCUT2D eigenvalue weighted by Gasteiger charge is 2.10. The number of amides is 2. The van der Waals surface area contributed by atoms with Gasteiger partial charge in [-0.1, -0.05) is 6.07 Å². The molecule has 3 aromatic carbocycles. The van der Waals surface area contributed by atoms with Crippen molar-refractivity contribution in [3.63, 3.8) is 0 Å². The van der Waals surface area contributed by atoms with Crippen LogP contribution in [0.1, 0.15) is 20.7 Å². The standard InChI is InChI=1S/C22H18FN3O3S/c1-29-19-11-5-14(6-12-19)20(27)26-22(30)25-18-4-2-3-15(13-18)21(28)24-17-9-7-16(23)8-10-17/h2-13H,1H3,(H,24,28)(H2,25,26,27,30). The van der Waals surface area contributed by atoms with Gasteiger partial charge in [-0.2, -0.15) is 0 Å². The number of anilines is 2. The topological polar surface area (TPSA) is 79.5 Å². The number of methoxy groups -OCH3 is 1. The molecule has 3 N–H and O–H groups in total. The Balaban J connectivity index is 1.60. The first-order valence-electron chi connectivity index (χ1n) is 8.88. The fourth-order valence-corrected chi connectivity index (χ4v) is 2.77. The van der Waals surface area contributed by atoms with Crippen LogP contribution in [0.2, 0.25) is 0 Å². The van der Waals surface area contributed by atoms with Crippen LogP contribution in [0, 0.1) is 5.82 Å². The summed E-state index contributed by atoms with van der Waals surface area (Å²) in [5.41, 5.74) is 1.80. The monoisotopic (exact) mass is 423 g/mol. The van der Waals surface area contributed by atoms with Crippen LogP contribution < -0.4 is 20.7 Å². The number of rotatable bonds is 5. The highest BCUT2D eigenvalue weighted by molar-refractivity contribution is 7.80. The Hall–Kier alpha value is -3.78. The summed E-state index contributed by atoms with van der Waals surface area (Å²) in [6.07, 6.45) is 0. The molecule has 0 aromatic heterocycles. The lowest BCUT2D eigenvalue weighted by molar-refractivity contribution is 0.0976. The van der Waals surface area contributed by atoms with Crippen molar-refractivity contribution >= 4 is 40.5 Å². The molecule has 0 bridgehead atoms. The van der Waals surface area contributed by atoms with E-state index in [1.54, 1.807) is 55.6 Å². The van der Waals surface area contributed by atoms with Crippen LogP contribution in [0.4, 0.5) is 15.8 Å². The number of nitrogens with one attached hydrogen (secondary N) is 3. The van der Waals surface area contributed by atoms with E-state index in [4.69, 9.17) is 17.0 Å². The van der Waals surface area contributed by atoms with E-state index in [9.17, 15) is 14.0 Å². The van der Waals surface area contributed by atoms with Crippen molar-refractivity contribution in [2.45, 2.75) is 0 Å². The Kier molecular flexibility index (Phi) is 6.71. The number of halogens is 1. The Morgan fingerprint density at radius 1 is 0.833 bits per heavy atom. The number of carbonyl (C=O) groups is 2. The summed E-state index contributed by atoms with van der Waals surface area (Å²) < 4.78 is 18.0. The van der Waals surface area contributed by atoms with E-state index in [0.29, 0.717) is 28.3 Å². The molecule has 3 aromatic rings. The fraction of sp³-hybridized carbons (Fsp3) is 0.0455. The van der Waals surface area contributed by atoms with E-state index in [0.717, 1.165) is 0 Å². The molecule has 3 rings (SSSR count). The molecular weight excluding hydrogens is 405 g/mol. The first-order valence-corrected chi connectivity index (χ1v) is 9.29. The van der Waals surface area contributed by atoms with E-state index in [-0.39, 0.29) is 22.7 Å². The summed E-state index contributed by atoms with van der Waals surface area (Å²) in [4.78, 5) is 24.7. The maximum Gasteiger partial charge on any atom is 0.257 e. The molecule has 30 heavy (non-hydrogen) atoms. The SMILES string of the molecule is COc1ccc(C(=O)NC(=S)Nc2cccc(C(=O)Nc3ccc(F)cc3)c2)cc1. The Bertz CT molecular complexity index is 1070. The zero-order valence-corrected chi connectivity index (χ0v) is 16.8. The molecule has 0 atom stereocenters. The first kappa shape index (κ1) is 20.9. The lowest BCUT2D eigenvalue weighted by Crippen LogP contribution is -2.34. The third-order valence-corrected chi connectivity index (χ3v) is 4.27.